The second-order valence-electron chi connectivity index (χ2n) is 11.3. The molecule has 242 valence electrons. The fourth-order valence-corrected chi connectivity index (χ4v) is 8.31. The normalized spacial score (nSPS) is 13.7. The fraction of sp³-hybridized carbons (Fsp3) is 0.500. The topological polar surface area (TPSA) is 12.8 Å². The number of halogens is 16. The van der Waals surface area contributed by atoms with Gasteiger partial charge in [-0.05, 0) is 10.3 Å². The molecule has 0 atom stereocenters. The zero-order valence-electron chi connectivity index (χ0n) is 22.7. The summed E-state index contributed by atoms with van der Waals surface area (Å²) in [5, 5.41) is -2.84. The van der Waals surface area contributed by atoms with Gasteiger partial charge in [0.25, 0.3) is 0 Å². The lowest BCUT2D eigenvalue weighted by Gasteiger charge is -2.46. The van der Waals surface area contributed by atoms with E-state index in [1.807, 2.05) is 0 Å². The van der Waals surface area contributed by atoms with Crippen LogP contribution in [0, 0.1) is 58.2 Å². The van der Waals surface area contributed by atoms with Crippen molar-refractivity contribution in [3.63, 3.8) is 0 Å². The van der Waals surface area contributed by atoms with E-state index < -0.39 is 118 Å². The van der Waals surface area contributed by atoms with Crippen molar-refractivity contribution in [3.05, 3.63) is 58.2 Å². The van der Waals surface area contributed by atoms with Crippen molar-refractivity contribution in [2.75, 3.05) is 6.16 Å². The third-order valence-electron chi connectivity index (χ3n) is 6.33. The molecule has 0 bridgehead atoms. The highest BCUT2D eigenvalue weighted by Gasteiger charge is 2.79. The molecule has 43 heavy (non-hydrogen) atoms. The summed E-state index contributed by atoms with van der Waals surface area (Å²) >= 11 is 0. The summed E-state index contributed by atoms with van der Waals surface area (Å²) in [4.78, 5) is 0. The minimum Gasteiger partial charge on any atom is -0.514 e. The second-order valence-corrected chi connectivity index (χ2v) is 15.1. The Morgan fingerprint density at radius 3 is 0.907 bits per heavy atom. The van der Waals surface area contributed by atoms with Gasteiger partial charge in [0, 0.05) is 0 Å². The van der Waals surface area contributed by atoms with E-state index in [9.17, 15) is 70.2 Å². The lowest BCUT2D eigenvalue weighted by molar-refractivity contribution is -0.383. The van der Waals surface area contributed by atoms with Crippen LogP contribution < -0.4 is 10.9 Å². The average Bonchev–Trinajstić information content (AvgIpc) is 2.83. The van der Waals surface area contributed by atoms with Gasteiger partial charge in [-0.1, -0.05) is 49.5 Å². The summed E-state index contributed by atoms with van der Waals surface area (Å²) in [6.07, 6.45) is -15.5. The van der Waals surface area contributed by atoms with Crippen LogP contribution >= 0.6 is 7.92 Å². The molecule has 0 saturated heterocycles. The molecule has 0 aliphatic carbocycles. The summed E-state index contributed by atoms with van der Waals surface area (Å²) in [5.74, 6) is -31.0. The molecule has 19 heteroatoms. The van der Waals surface area contributed by atoms with Crippen LogP contribution in [0.25, 0.3) is 0 Å². The van der Waals surface area contributed by atoms with Gasteiger partial charge >= 0.3 is 24.9 Å². The lowest BCUT2D eigenvalue weighted by atomic mass is 9.53. The van der Waals surface area contributed by atoms with Gasteiger partial charge in [0.2, 0.25) is 0 Å². The van der Waals surface area contributed by atoms with Crippen molar-refractivity contribution < 1.29 is 74.9 Å². The van der Waals surface area contributed by atoms with Gasteiger partial charge in [-0.3, -0.25) is 0 Å². The predicted molar refractivity (Wildman–Crippen MR) is 126 cm³/mol. The fourth-order valence-electron chi connectivity index (χ4n) is 4.45. The highest BCUT2D eigenvalue weighted by atomic mass is 31.1. The molecule has 0 radical (unpaired) electrons. The Hall–Kier alpha value is -2.23. The maximum atomic E-state index is 14.8. The molecule has 2 aromatic carbocycles. The summed E-state index contributed by atoms with van der Waals surface area (Å²) in [5.41, 5.74) is -11.3. The Labute approximate surface area is 235 Å². The first kappa shape index (κ1) is 37.0. The molecule has 0 spiro atoms. The SMILES string of the molecule is CC(C)(C)P(CC([OH+]B(c1c(F)c(F)c(F)c(F)c1F)c1c(F)c(F)c(F)c(F)c1F)(C(F)(F)F)C(F)(F)F)C(C)(C)C. The Morgan fingerprint density at radius 2 is 0.698 bits per heavy atom. The van der Waals surface area contributed by atoms with E-state index in [2.05, 4.69) is 4.65 Å². The monoisotopic (exact) mass is 671 g/mol. The zero-order valence-corrected chi connectivity index (χ0v) is 23.6. The molecule has 0 heterocycles. The maximum absolute atomic E-state index is 14.8. The molecule has 0 aromatic heterocycles. The highest BCUT2D eigenvalue weighted by molar-refractivity contribution is 7.60. The third-order valence-corrected chi connectivity index (χ3v) is 10.3. The molecule has 0 fully saturated rings. The largest absolute Gasteiger partial charge is 0.601 e. The van der Waals surface area contributed by atoms with E-state index >= 15 is 0 Å². The van der Waals surface area contributed by atoms with E-state index in [0.717, 1.165) is 0 Å². The minimum atomic E-state index is -6.69. The van der Waals surface area contributed by atoms with E-state index in [4.69, 9.17) is 0 Å². The van der Waals surface area contributed by atoms with Crippen LogP contribution in [0.1, 0.15) is 41.5 Å². The molecule has 1 N–H and O–H groups in total. The van der Waals surface area contributed by atoms with Crippen LogP contribution in [-0.2, 0) is 0 Å². The van der Waals surface area contributed by atoms with Gasteiger partial charge in [0.05, 0.1) is 17.1 Å². The van der Waals surface area contributed by atoms with Gasteiger partial charge in [-0.15, -0.1) is 0 Å². The Balaban J connectivity index is 3.24. The summed E-state index contributed by atoms with van der Waals surface area (Å²) in [6, 6.07) is 0. The van der Waals surface area contributed by atoms with Crippen molar-refractivity contribution >= 4 is 25.8 Å². The molecule has 0 saturated carbocycles. The first-order valence-electron chi connectivity index (χ1n) is 11.7. The summed E-state index contributed by atoms with van der Waals surface area (Å²) < 4.78 is 233. The highest BCUT2D eigenvalue weighted by Crippen LogP contribution is 2.64. The van der Waals surface area contributed by atoms with Crippen LogP contribution in [0.3, 0.4) is 0 Å². The summed E-state index contributed by atoms with van der Waals surface area (Å²) in [6.45, 7) is 3.02. The van der Waals surface area contributed by atoms with Crippen molar-refractivity contribution in [2.45, 2.75) is 69.8 Å². The molecule has 1 nitrogen and oxygen atoms in total. The number of hydrogen-bond acceptors (Lipinski definition) is 0. The number of rotatable bonds is 6. The van der Waals surface area contributed by atoms with Crippen LogP contribution in [0.4, 0.5) is 70.2 Å². The number of hydrogen-bond donors (Lipinski definition) is 0. The van der Waals surface area contributed by atoms with Gasteiger partial charge in [-0.25, -0.2) is 43.9 Å². The lowest BCUT2D eigenvalue weighted by Crippen LogP contribution is -2.70. The van der Waals surface area contributed by atoms with Crippen LogP contribution in [-0.4, -0.2) is 46.0 Å². The van der Waals surface area contributed by atoms with Crippen molar-refractivity contribution in [1.82, 2.24) is 0 Å². The average molecular weight is 671 g/mol. The number of benzene rings is 2. The predicted octanol–water partition coefficient (Wildman–Crippen LogP) is 7.65. The van der Waals surface area contributed by atoms with Crippen molar-refractivity contribution in [2.24, 2.45) is 0 Å². The van der Waals surface area contributed by atoms with Crippen molar-refractivity contribution in [1.29, 1.82) is 0 Å². The van der Waals surface area contributed by atoms with Crippen LogP contribution in [0.15, 0.2) is 0 Å². The smallest absolute Gasteiger partial charge is 0.514 e. The molecule has 2 aromatic rings. The Kier molecular flexibility index (Phi) is 9.98. The van der Waals surface area contributed by atoms with Gasteiger partial charge in [0.15, 0.2) is 58.2 Å². The molecular formula is C24H21BF16OP+. The van der Waals surface area contributed by atoms with E-state index in [1.165, 1.54) is 41.5 Å². The molecule has 0 aliphatic rings. The maximum Gasteiger partial charge on any atom is 0.601 e. The van der Waals surface area contributed by atoms with Gasteiger partial charge < -0.3 is 4.65 Å². The zero-order chi connectivity index (χ0) is 34.0. The standard InChI is InChI=1S/C24H20BF16OP/c1-20(2,3)43(21(4,5)6)7-22(23(36,37)38,24(39,40)41)42-25(8-10(26)14(30)18(34)15(31)11(8)27)9-12(28)16(32)19(35)17(33)13(9)29/h7H2,1-6H3/p+1. The van der Waals surface area contributed by atoms with E-state index in [-0.39, 0.29) is 0 Å². The number of aliphatic hydroxyl groups is 1. The van der Waals surface area contributed by atoms with Crippen LogP contribution in [0.2, 0.25) is 0 Å². The Bertz CT molecular complexity index is 1240. The van der Waals surface area contributed by atoms with Crippen molar-refractivity contribution in [3.8, 4) is 0 Å². The number of alkyl halides is 6. The minimum absolute atomic E-state index is 1.22. The molecule has 0 aliphatic heterocycles. The second kappa shape index (κ2) is 11.6. The van der Waals surface area contributed by atoms with Gasteiger partial charge in [-0.2, -0.15) is 26.3 Å². The first-order valence-corrected chi connectivity index (χ1v) is 13.2. The summed E-state index contributed by atoms with van der Waals surface area (Å²) in [7, 11) is -2.62. The molecule has 0 amide bonds. The molecule has 0 unspecified atom stereocenters. The quantitative estimate of drug-likeness (QED) is 0.0748. The van der Waals surface area contributed by atoms with Crippen LogP contribution in [0.5, 0.6) is 0 Å². The Morgan fingerprint density at radius 1 is 0.465 bits per heavy atom. The van der Waals surface area contributed by atoms with E-state index in [1.54, 1.807) is 0 Å². The molecule has 2 rings (SSSR count). The van der Waals surface area contributed by atoms with E-state index in [0.29, 0.717) is 0 Å². The molecular weight excluding hydrogens is 650 g/mol. The first-order chi connectivity index (χ1) is 19.0. The van der Waals surface area contributed by atoms with Gasteiger partial charge in [0.1, 0.15) is 0 Å². The third kappa shape index (κ3) is 6.45.